The van der Waals surface area contributed by atoms with Crippen molar-refractivity contribution >= 4 is 39.6 Å². The number of benzene rings is 1. The van der Waals surface area contributed by atoms with E-state index in [2.05, 4.69) is 15.9 Å². The Labute approximate surface area is 124 Å². The van der Waals surface area contributed by atoms with E-state index in [-0.39, 0.29) is 17.3 Å². The van der Waals surface area contributed by atoms with Crippen LogP contribution in [0.1, 0.15) is 30.1 Å². The Kier molecular flexibility index (Phi) is 6.94. The number of rotatable bonds is 7. The zero-order chi connectivity index (χ0) is 14.3. The zero-order valence-corrected chi connectivity index (χ0v) is 12.9. The highest BCUT2D eigenvalue weighted by Gasteiger charge is 2.13. The van der Waals surface area contributed by atoms with Gasteiger partial charge in [-0.25, -0.2) is 4.79 Å². The van der Waals surface area contributed by atoms with Gasteiger partial charge in [0.05, 0.1) is 17.9 Å². The van der Waals surface area contributed by atoms with Crippen molar-refractivity contribution in [3.63, 3.8) is 0 Å². The Balaban J connectivity index is 2.59. The summed E-state index contributed by atoms with van der Waals surface area (Å²) in [6, 6.07) is 4.86. The van der Waals surface area contributed by atoms with Gasteiger partial charge >= 0.3 is 11.9 Å². The predicted octanol–water partition coefficient (Wildman–Crippen LogP) is 3.58. The van der Waals surface area contributed by atoms with Crippen LogP contribution in [0.2, 0.25) is 0 Å². The molecule has 0 aliphatic carbocycles. The molecule has 0 bridgehead atoms. The summed E-state index contributed by atoms with van der Waals surface area (Å²) in [5.74, 6) is -1.22. The molecule has 0 unspecified atom stereocenters. The van der Waals surface area contributed by atoms with Crippen molar-refractivity contribution in [2.24, 2.45) is 0 Å². The molecule has 1 aromatic rings. The number of thioether (sulfide) groups is 1. The lowest BCUT2D eigenvalue weighted by Gasteiger charge is -2.07. The van der Waals surface area contributed by atoms with Crippen LogP contribution in [0.5, 0.6) is 0 Å². The van der Waals surface area contributed by atoms with Gasteiger partial charge in [-0.15, -0.1) is 11.8 Å². The van der Waals surface area contributed by atoms with E-state index in [4.69, 9.17) is 9.84 Å². The molecule has 104 valence electrons. The minimum Gasteiger partial charge on any atom is -0.478 e. The van der Waals surface area contributed by atoms with Crippen molar-refractivity contribution in [3.8, 4) is 0 Å². The number of carbonyl (C=O) groups excluding carboxylic acids is 1. The monoisotopic (exact) mass is 346 g/mol. The summed E-state index contributed by atoms with van der Waals surface area (Å²) in [6.45, 7) is 2.43. The molecule has 0 aliphatic heterocycles. The number of carbonyl (C=O) groups is 2. The van der Waals surface area contributed by atoms with Crippen molar-refractivity contribution in [3.05, 3.63) is 28.2 Å². The predicted molar refractivity (Wildman–Crippen MR) is 77.7 cm³/mol. The summed E-state index contributed by atoms with van der Waals surface area (Å²) >= 11 is 4.45. The third-order valence-electron chi connectivity index (χ3n) is 2.28. The molecule has 0 spiro atoms. The average molecular weight is 347 g/mol. The summed E-state index contributed by atoms with van der Waals surface area (Å²) in [4.78, 5) is 23.0. The third-order valence-corrected chi connectivity index (χ3v) is 3.80. The number of aromatic carboxylic acids is 1. The van der Waals surface area contributed by atoms with Crippen LogP contribution in [0.25, 0.3) is 0 Å². The van der Waals surface area contributed by atoms with Crippen molar-refractivity contribution in [2.75, 3.05) is 12.4 Å². The first-order valence-electron chi connectivity index (χ1n) is 5.86. The minimum absolute atomic E-state index is 0.112. The molecule has 0 aliphatic rings. The lowest BCUT2D eigenvalue weighted by Crippen LogP contribution is -2.09. The maximum absolute atomic E-state index is 11.5. The second-order valence-corrected chi connectivity index (χ2v) is 5.74. The van der Waals surface area contributed by atoms with E-state index in [0.717, 1.165) is 17.3 Å². The molecule has 1 N–H and O–H groups in total. The number of ether oxygens (including phenoxy) is 1. The molecule has 1 aromatic carbocycles. The smallest absolute Gasteiger partial charge is 0.336 e. The molecule has 0 aromatic heterocycles. The highest BCUT2D eigenvalue weighted by Crippen LogP contribution is 2.26. The van der Waals surface area contributed by atoms with Gasteiger partial charge in [0.2, 0.25) is 0 Å². The van der Waals surface area contributed by atoms with Crippen molar-refractivity contribution in [1.82, 2.24) is 0 Å². The molecule has 0 radical (unpaired) electrons. The summed E-state index contributed by atoms with van der Waals surface area (Å²) in [6.07, 6.45) is 1.81. The van der Waals surface area contributed by atoms with E-state index in [1.807, 2.05) is 6.92 Å². The Morgan fingerprint density at radius 3 is 2.79 bits per heavy atom. The lowest BCUT2D eigenvalue weighted by molar-refractivity contribution is -0.140. The first-order valence-corrected chi connectivity index (χ1v) is 7.63. The van der Waals surface area contributed by atoms with E-state index in [1.165, 1.54) is 17.8 Å². The number of hydrogen-bond acceptors (Lipinski definition) is 4. The first kappa shape index (κ1) is 16.0. The van der Waals surface area contributed by atoms with Crippen LogP contribution in [0.15, 0.2) is 27.6 Å². The fourth-order valence-electron chi connectivity index (χ4n) is 1.30. The summed E-state index contributed by atoms with van der Waals surface area (Å²) in [5.41, 5.74) is 0.189. The van der Waals surface area contributed by atoms with E-state index in [0.29, 0.717) is 11.5 Å². The van der Waals surface area contributed by atoms with Crippen LogP contribution in [-0.4, -0.2) is 29.4 Å². The van der Waals surface area contributed by atoms with Gasteiger partial charge in [0.1, 0.15) is 0 Å². The Morgan fingerprint density at radius 2 is 2.16 bits per heavy atom. The van der Waals surface area contributed by atoms with Crippen LogP contribution in [-0.2, 0) is 9.53 Å². The highest BCUT2D eigenvalue weighted by atomic mass is 79.9. The van der Waals surface area contributed by atoms with Gasteiger partial charge in [0.25, 0.3) is 0 Å². The molecule has 6 heteroatoms. The Bertz CT molecular complexity index is 462. The number of esters is 1. The van der Waals surface area contributed by atoms with Gasteiger partial charge in [0.15, 0.2) is 0 Å². The number of halogens is 1. The van der Waals surface area contributed by atoms with Crippen LogP contribution in [0.4, 0.5) is 0 Å². The van der Waals surface area contributed by atoms with Gasteiger partial charge < -0.3 is 9.84 Å². The number of unbranched alkanes of at least 4 members (excludes halogenated alkanes) is 1. The fourth-order valence-corrected chi connectivity index (χ4v) is 2.69. The largest absolute Gasteiger partial charge is 0.478 e. The normalized spacial score (nSPS) is 10.2. The van der Waals surface area contributed by atoms with Crippen molar-refractivity contribution in [1.29, 1.82) is 0 Å². The van der Waals surface area contributed by atoms with Crippen molar-refractivity contribution < 1.29 is 19.4 Å². The Hall–Kier alpha value is -1.01. The fraction of sp³-hybridized carbons (Fsp3) is 0.385. The van der Waals surface area contributed by atoms with E-state index >= 15 is 0 Å². The molecule has 0 fully saturated rings. The van der Waals surface area contributed by atoms with E-state index < -0.39 is 5.97 Å². The molecular weight excluding hydrogens is 332 g/mol. The number of hydrogen-bond donors (Lipinski definition) is 1. The lowest BCUT2D eigenvalue weighted by atomic mass is 10.2. The molecule has 4 nitrogen and oxygen atoms in total. The quantitative estimate of drug-likeness (QED) is 0.464. The van der Waals surface area contributed by atoms with Gasteiger partial charge in [-0.1, -0.05) is 29.3 Å². The molecule has 0 amide bonds. The maximum Gasteiger partial charge on any atom is 0.336 e. The minimum atomic E-state index is -1.01. The van der Waals surface area contributed by atoms with Crippen LogP contribution < -0.4 is 0 Å². The maximum atomic E-state index is 11.5. The standard InChI is InChI=1S/C13H15BrO4S/c1-2-3-6-18-12(15)8-19-11-7-9(14)4-5-10(11)13(16)17/h4-5,7H,2-3,6,8H2,1H3,(H,16,17). The molecule has 0 saturated carbocycles. The molecular formula is C13H15BrO4S. The van der Waals surface area contributed by atoms with Gasteiger partial charge in [-0.3, -0.25) is 4.79 Å². The third kappa shape index (κ3) is 5.65. The van der Waals surface area contributed by atoms with Gasteiger partial charge in [-0.05, 0) is 24.6 Å². The van der Waals surface area contributed by atoms with Crippen LogP contribution in [0, 0.1) is 0 Å². The second kappa shape index (κ2) is 8.22. The highest BCUT2D eigenvalue weighted by molar-refractivity contribution is 9.10. The molecule has 0 atom stereocenters. The topological polar surface area (TPSA) is 63.6 Å². The summed E-state index contributed by atoms with van der Waals surface area (Å²) < 4.78 is 5.79. The number of carboxylic acids is 1. The van der Waals surface area contributed by atoms with Crippen LogP contribution in [0.3, 0.4) is 0 Å². The average Bonchev–Trinajstić information content (AvgIpc) is 2.36. The molecule has 19 heavy (non-hydrogen) atoms. The summed E-state index contributed by atoms with van der Waals surface area (Å²) in [5, 5.41) is 9.05. The Morgan fingerprint density at radius 1 is 1.42 bits per heavy atom. The van der Waals surface area contributed by atoms with Gasteiger partial charge in [0, 0.05) is 9.37 Å². The van der Waals surface area contributed by atoms with E-state index in [1.54, 1.807) is 12.1 Å². The SMILES string of the molecule is CCCCOC(=O)CSc1cc(Br)ccc1C(=O)O. The number of carboxylic acid groups (broad SMARTS) is 1. The van der Waals surface area contributed by atoms with Crippen molar-refractivity contribution in [2.45, 2.75) is 24.7 Å². The van der Waals surface area contributed by atoms with Crippen LogP contribution >= 0.6 is 27.7 Å². The van der Waals surface area contributed by atoms with E-state index in [9.17, 15) is 9.59 Å². The van der Waals surface area contributed by atoms with Gasteiger partial charge in [-0.2, -0.15) is 0 Å². The second-order valence-electron chi connectivity index (χ2n) is 3.81. The summed E-state index contributed by atoms with van der Waals surface area (Å²) in [7, 11) is 0. The molecule has 1 rings (SSSR count). The zero-order valence-electron chi connectivity index (χ0n) is 10.5. The molecule has 0 saturated heterocycles. The molecule has 0 heterocycles. The first-order chi connectivity index (χ1) is 9.04.